The molecule has 2 saturated carbocycles. The van der Waals surface area contributed by atoms with Gasteiger partial charge in [-0.05, 0) is 43.3 Å². The van der Waals surface area contributed by atoms with Gasteiger partial charge >= 0.3 is 0 Å². The summed E-state index contributed by atoms with van der Waals surface area (Å²) in [6.07, 6.45) is 3.47. The van der Waals surface area contributed by atoms with E-state index in [1.165, 1.54) is 0 Å². The van der Waals surface area contributed by atoms with E-state index in [0.717, 1.165) is 25.7 Å². The molecule has 22 heavy (non-hydrogen) atoms. The van der Waals surface area contributed by atoms with Crippen molar-refractivity contribution in [1.29, 1.82) is 0 Å². The highest BCUT2D eigenvalue weighted by atomic mass is 28.4. The Balaban J connectivity index is 1.74. The lowest BCUT2D eigenvalue weighted by atomic mass is 9.91. The normalized spacial score (nSPS) is 44.0. The first-order valence-corrected chi connectivity index (χ1v) is 11.5. The zero-order valence-corrected chi connectivity index (χ0v) is 15.9. The zero-order chi connectivity index (χ0) is 16.4. The maximum Gasteiger partial charge on any atom is 0.192 e. The van der Waals surface area contributed by atoms with E-state index in [4.69, 9.17) is 13.9 Å². The third-order valence-electron chi connectivity index (χ3n) is 6.43. The summed E-state index contributed by atoms with van der Waals surface area (Å²) in [5.74, 6) is 0.486. The van der Waals surface area contributed by atoms with E-state index < -0.39 is 13.9 Å². The van der Waals surface area contributed by atoms with E-state index in [2.05, 4.69) is 33.9 Å². The van der Waals surface area contributed by atoms with Crippen molar-refractivity contribution in [2.75, 3.05) is 13.7 Å². The van der Waals surface area contributed by atoms with Gasteiger partial charge in [0.2, 0.25) is 0 Å². The average molecular weight is 329 g/mol. The Bertz CT molecular complexity index is 446. The van der Waals surface area contributed by atoms with Crippen LogP contribution in [-0.2, 0) is 13.9 Å². The van der Waals surface area contributed by atoms with Gasteiger partial charge in [0.25, 0.3) is 0 Å². The molecule has 1 heterocycles. The number of aliphatic hydroxyl groups is 1. The third kappa shape index (κ3) is 2.49. The quantitative estimate of drug-likeness (QED) is 0.788. The van der Waals surface area contributed by atoms with Crippen LogP contribution in [0.3, 0.4) is 0 Å². The SMILES string of the molecule is COCCC1C[C@@]2(O)CC3CC3(O[Si](C)(C)C(C)(C)C)[C@H]2O1. The van der Waals surface area contributed by atoms with Gasteiger partial charge in [0.15, 0.2) is 8.32 Å². The van der Waals surface area contributed by atoms with Crippen molar-refractivity contribution in [1.82, 2.24) is 0 Å². The predicted molar refractivity (Wildman–Crippen MR) is 88.5 cm³/mol. The number of ether oxygens (including phenoxy) is 2. The Kier molecular flexibility index (Phi) is 3.86. The van der Waals surface area contributed by atoms with Crippen LogP contribution in [0.5, 0.6) is 0 Å². The number of rotatable bonds is 5. The fourth-order valence-electron chi connectivity index (χ4n) is 4.17. The van der Waals surface area contributed by atoms with Gasteiger partial charge < -0.3 is 19.0 Å². The number of hydrogen-bond donors (Lipinski definition) is 1. The molecule has 1 aliphatic heterocycles. The van der Waals surface area contributed by atoms with Crippen LogP contribution < -0.4 is 0 Å². The molecule has 128 valence electrons. The summed E-state index contributed by atoms with van der Waals surface area (Å²) < 4.78 is 18.2. The van der Waals surface area contributed by atoms with Crippen LogP contribution in [0.4, 0.5) is 0 Å². The maximum atomic E-state index is 11.0. The molecule has 5 heteroatoms. The summed E-state index contributed by atoms with van der Waals surface area (Å²) in [6, 6.07) is 0. The Labute approximate surface area is 135 Å². The largest absolute Gasteiger partial charge is 0.408 e. The monoisotopic (exact) mass is 328 g/mol. The molecule has 2 aliphatic carbocycles. The standard InChI is InChI=1S/C17H32O4Si/c1-15(2,3)22(5,6)21-17-10-12(17)9-16(18)11-13(7-8-19-4)20-14(16)17/h12-14,18H,7-11H2,1-6H3/t12?,13?,14-,16-,17?/m0/s1. The highest BCUT2D eigenvalue weighted by Crippen LogP contribution is 2.67. The van der Waals surface area contributed by atoms with Crippen molar-refractivity contribution in [3.05, 3.63) is 0 Å². The zero-order valence-electron chi connectivity index (χ0n) is 14.9. The smallest absolute Gasteiger partial charge is 0.192 e. The molecule has 4 nitrogen and oxygen atoms in total. The minimum Gasteiger partial charge on any atom is -0.408 e. The van der Waals surface area contributed by atoms with Crippen LogP contribution in [0.25, 0.3) is 0 Å². The molecular weight excluding hydrogens is 296 g/mol. The molecule has 3 rings (SSSR count). The summed E-state index contributed by atoms with van der Waals surface area (Å²) in [4.78, 5) is 0. The summed E-state index contributed by atoms with van der Waals surface area (Å²) in [7, 11) is -0.145. The molecule has 1 N–H and O–H groups in total. The molecule has 0 amide bonds. The lowest BCUT2D eigenvalue weighted by Crippen LogP contribution is -2.51. The molecule has 0 radical (unpaired) electrons. The van der Waals surface area contributed by atoms with Gasteiger partial charge in [-0.15, -0.1) is 0 Å². The predicted octanol–water partition coefficient (Wildman–Crippen LogP) is 3.10. The molecule has 3 fully saturated rings. The van der Waals surface area contributed by atoms with E-state index in [0.29, 0.717) is 12.5 Å². The number of hydrogen-bond acceptors (Lipinski definition) is 4. The van der Waals surface area contributed by atoms with Crippen LogP contribution >= 0.6 is 0 Å². The second-order valence-corrected chi connectivity index (χ2v) is 13.9. The fourth-order valence-corrected chi connectivity index (χ4v) is 5.79. The van der Waals surface area contributed by atoms with Crippen molar-refractivity contribution in [2.45, 2.75) is 88.0 Å². The first-order chi connectivity index (χ1) is 10.0. The van der Waals surface area contributed by atoms with Crippen molar-refractivity contribution in [3.8, 4) is 0 Å². The maximum absolute atomic E-state index is 11.0. The summed E-state index contributed by atoms with van der Waals surface area (Å²) >= 11 is 0. The van der Waals surface area contributed by atoms with Crippen LogP contribution in [0, 0.1) is 5.92 Å². The summed E-state index contributed by atoms with van der Waals surface area (Å²) in [5.41, 5.74) is -0.886. The van der Waals surface area contributed by atoms with Gasteiger partial charge in [-0.1, -0.05) is 20.8 Å². The Morgan fingerprint density at radius 3 is 2.50 bits per heavy atom. The van der Waals surface area contributed by atoms with Crippen molar-refractivity contribution < 1.29 is 19.0 Å². The Morgan fingerprint density at radius 1 is 1.23 bits per heavy atom. The highest BCUT2D eigenvalue weighted by Gasteiger charge is 2.77. The lowest BCUT2D eigenvalue weighted by Gasteiger charge is -2.41. The van der Waals surface area contributed by atoms with Crippen molar-refractivity contribution in [2.24, 2.45) is 5.92 Å². The molecule has 3 unspecified atom stereocenters. The molecule has 3 aliphatic rings. The second kappa shape index (κ2) is 5.03. The van der Waals surface area contributed by atoms with Gasteiger partial charge in [-0.2, -0.15) is 0 Å². The minimum atomic E-state index is -1.86. The Morgan fingerprint density at radius 2 is 1.91 bits per heavy atom. The molecule has 5 atom stereocenters. The second-order valence-electron chi connectivity index (χ2n) is 9.15. The van der Waals surface area contributed by atoms with E-state index in [1.54, 1.807) is 7.11 Å². The van der Waals surface area contributed by atoms with Crippen molar-refractivity contribution >= 4 is 8.32 Å². The van der Waals surface area contributed by atoms with Gasteiger partial charge in [0.1, 0.15) is 6.10 Å². The summed E-state index contributed by atoms with van der Waals surface area (Å²) in [6.45, 7) is 12.1. The van der Waals surface area contributed by atoms with Crippen LogP contribution in [0.2, 0.25) is 18.1 Å². The van der Waals surface area contributed by atoms with Crippen LogP contribution in [0.1, 0.15) is 46.5 Å². The molecule has 0 spiro atoms. The first-order valence-electron chi connectivity index (χ1n) is 8.61. The van der Waals surface area contributed by atoms with E-state index in [-0.39, 0.29) is 22.8 Å². The topological polar surface area (TPSA) is 47.9 Å². The minimum absolute atomic E-state index is 0.108. The van der Waals surface area contributed by atoms with Crippen LogP contribution in [-0.4, -0.2) is 50.6 Å². The Hall–Kier alpha value is 0.0569. The van der Waals surface area contributed by atoms with E-state index >= 15 is 0 Å². The van der Waals surface area contributed by atoms with Crippen molar-refractivity contribution in [3.63, 3.8) is 0 Å². The molecule has 0 bridgehead atoms. The molecule has 0 aromatic rings. The number of fused-ring (bicyclic) bond motifs is 3. The molecule has 0 aromatic heterocycles. The highest BCUT2D eigenvalue weighted by molar-refractivity contribution is 6.74. The molecule has 0 aromatic carbocycles. The van der Waals surface area contributed by atoms with E-state index in [1.807, 2.05) is 0 Å². The number of methoxy groups -OCH3 is 1. The fraction of sp³-hybridized carbons (Fsp3) is 1.00. The van der Waals surface area contributed by atoms with E-state index in [9.17, 15) is 5.11 Å². The van der Waals surface area contributed by atoms with Gasteiger partial charge in [0, 0.05) is 20.1 Å². The average Bonchev–Trinajstić information content (AvgIpc) is 2.80. The van der Waals surface area contributed by atoms with Gasteiger partial charge in [0.05, 0.1) is 17.3 Å². The summed E-state index contributed by atoms with van der Waals surface area (Å²) in [5, 5.41) is 11.2. The lowest BCUT2D eigenvalue weighted by molar-refractivity contribution is -0.0933. The van der Waals surface area contributed by atoms with Crippen LogP contribution in [0.15, 0.2) is 0 Å². The molecular formula is C17H32O4Si. The van der Waals surface area contributed by atoms with Gasteiger partial charge in [-0.25, -0.2) is 0 Å². The van der Waals surface area contributed by atoms with Gasteiger partial charge in [-0.3, -0.25) is 0 Å². The molecule has 1 saturated heterocycles. The first kappa shape index (κ1) is 16.9. The third-order valence-corrected chi connectivity index (χ3v) is 10.9.